The number of methoxy groups -OCH3 is 1. The van der Waals surface area contributed by atoms with E-state index in [1.54, 1.807) is 13.3 Å². The highest BCUT2D eigenvalue weighted by molar-refractivity contribution is 5.54. The predicted molar refractivity (Wildman–Crippen MR) is 91.1 cm³/mol. The molecule has 7 heteroatoms. The number of ether oxygens (including phenoxy) is 4. The van der Waals surface area contributed by atoms with Crippen molar-refractivity contribution >= 4 is 0 Å². The van der Waals surface area contributed by atoms with Crippen LogP contribution in [-0.4, -0.2) is 42.5 Å². The van der Waals surface area contributed by atoms with Crippen molar-refractivity contribution in [2.75, 3.05) is 26.9 Å². The zero-order valence-corrected chi connectivity index (χ0v) is 14.5. The maximum Gasteiger partial charge on any atom is 0.203 e. The summed E-state index contributed by atoms with van der Waals surface area (Å²) in [5.41, 5.74) is 1.09. The molecule has 0 unspecified atom stereocenters. The number of aromatic nitrogens is 2. The van der Waals surface area contributed by atoms with E-state index in [0.29, 0.717) is 31.3 Å². The Hall–Kier alpha value is -2.25. The molecule has 0 bridgehead atoms. The number of fused-ring (bicyclic) bond motifs is 1. The molecule has 1 fully saturated rings. The van der Waals surface area contributed by atoms with Gasteiger partial charge in [0.25, 0.3) is 0 Å². The van der Waals surface area contributed by atoms with Crippen molar-refractivity contribution in [3.63, 3.8) is 0 Å². The van der Waals surface area contributed by atoms with E-state index in [-0.39, 0.29) is 12.1 Å². The molecule has 4 rings (SSSR count). The minimum absolute atomic E-state index is 0.0286. The Labute approximate surface area is 146 Å². The van der Waals surface area contributed by atoms with Gasteiger partial charge in [-0.1, -0.05) is 0 Å². The number of imidazole rings is 1. The number of hydrogen-bond acceptors (Lipinski definition) is 6. The van der Waals surface area contributed by atoms with E-state index in [1.807, 2.05) is 29.9 Å². The van der Waals surface area contributed by atoms with Crippen LogP contribution in [0.15, 0.2) is 24.5 Å². The second kappa shape index (κ2) is 6.93. The van der Waals surface area contributed by atoms with Crippen LogP contribution in [0.1, 0.15) is 23.9 Å². The van der Waals surface area contributed by atoms with Gasteiger partial charge < -0.3 is 28.8 Å². The summed E-state index contributed by atoms with van der Waals surface area (Å²) in [6.45, 7) is 2.54. The molecule has 0 aliphatic carbocycles. The normalized spacial score (nSPS) is 22.2. The fourth-order valence-corrected chi connectivity index (χ4v) is 3.38. The summed E-state index contributed by atoms with van der Waals surface area (Å²) >= 11 is 0. The monoisotopic (exact) mass is 345 g/mol. The zero-order valence-electron chi connectivity index (χ0n) is 14.5. The van der Waals surface area contributed by atoms with E-state index in [1.165, 1.54) is 0 Å². The van der Waals surface area contributed by atoms with E-state index in [0.717, 1.165) is 30.2 Å². The van der Waals surface area contributed by atoms with E-state index in [4.69, 9.17) is 18.9 Å². The van der Waals surface area contributed by atoms with Crippen molar-refractivity contribution in [1.82, 2.24) is 14.9 Å². The Morgan fingerprint density at radius 3 is 2.96 bits per heavy atom. The van der Waals surface area contributed by atoms with Crippen molar-refractivity contribution in [1.29, 1.82) is 0 Å². The molecule has 1 aromatic heterocycles. The van der Waals surface area contributed by atoms with Gasteiger partial charge in [0.2, 0.25) is 5.75 Å². The predicted octanol–water partition coefficient (Wildman–Crippen LogP) is 1.82. The molecular formula is C18H23N3O4. The van der Waals surface area contributed by atoms with Crippen molar-refractivity contribution in [3.05, 3.63) is 35.9 Å². The number of hydrogen-bond donors (Lipinski definition) is 1. The summed E-state index contributed by atoms with van der Waals surface area (Å²) in [5.74, 6) is 3.09. The standard InChI is InChI=1S/C18H23N3O4/c1-21-5-4-19-18(21)16-13(3-6-24-16)20-11-12-9-14(22-2)17-15(10-12)23-7-8-25-17/h4-5,9-10,13,16,20H,3,6-8,11H2,1-2H3/t13-,16-/m0/s1. The number of rotatable bonds is 5. The summed E-state index contributed by atoms with van der Waals surface area (Å²) in [6.07, 6.45) is 4.68. The van der Waals surface area contributed by atoms with Crippen LogP contribution in [0.25, 0.3) is 0 Å². The molecule has 134 valence electrons. The SMILES string of the molecule is COc1cc(CN[C@H]2CCO[C@@H]2c2nccn2C)cc2c1OCCO2. The topological polar surface area (TPSA) is 66.8 Å². The quantitative estimate of drug-likeness (QED) is 0.892. The Bertz CT molecular complexity index is 729. The first kappa shape index (κ1) is 16.2. The Balaban J connectivity index is 1.48. The molecule has 25 heavy (non-hydrogen) atoms. The van der Waals surface area contributed by atoms with Crippen LogP contribution in [0, 0.1) is 0 Å². The average molecular weight is 345 g/mol. The van der Waals surface area contributed by atoms with Crippen molar-refractivity contribution in [3.8, 4) is 17.2 Å². The molecule has 0 saturated carbocycles. The highest BCUT2D eigenvalue weighted by Gasteiger charge is 2.32. The van der Waals surface area contributed by atoms with Crippen molar-refractivity contribution in [2.45, 2.75) is 25.1 Å². The Morgan fingerprint density at radius 1 is 1.28 bits per heavy atom. The third kappa shape index (κ3) is 3.17. The van der Waals surface area contributed by atoms with Gasteiger partial charge in [-0.3, -0.25) is 0 Å². The maximum absolute atomic E-state index is 5.90. The smallest absolute Gasteiger partial charge is 0.203 e. The van der Waals surface area contributed by atoms with Gasteiger partial charge in [-0.05, 0) is 24.1 Å². The number of benzene rings is 1. The fraction of sp³-hybridized carbons (Fsp3) is 0.500. The van der Waals surface area contributed by atoms with Crippen LogP contribution in [0.4, 0.5) is 0 Å². The van der Waals surface area contributed by atoms with Crippen molar-refractivity contribution in [2.24, 2.45) is 7.05 Å². The van der Waals surface area contributed by atoms with E-state index >= 15 is 0 Å². The average Bonchev–Trinajstić information content (AvgIpc) is 3.27. The maximum atomic E-state index is 5.90. The first-order chi connectivity index (χ1) is 12.3. The van der Waals surface area contributed by atoms with Gasteiger partial charge in [0, 0.05) is 38.6 Å². The van der Waals surface area contributed by atoms with Crippen molar-refractivity contribution < 1.29 is 18.9 Å². The molecule has 1 aromatic carbocycles. The molecule has 2 atom stereocenters. The Morgan fingerprint density at radius 2 is 2.16 bits per heavy atom. The summed E-state index contributed by atoms with van der Waals surface area (Å²) < 4.78 is 24.7. The molecule has 1 saturated heterocycles. The number of nitrogens with one attached hydrogen (secondary N) is 1. The van der Waals surface area contributed by atoms with Crippen LogP contribution in [0.3, 0.4) is 0 Å². The van der Waals surface area contributed by atoms with Gasteiger partial charge in [-0.25, -0.2) is 4.98 Å². The third-order valence-electron chi connectivity index (χ3n) is 4.66. The molecule has 7 nitrogen and oxygen atoms in total. The first-order valence-corrected chi connectivity index (χ1v) is 8.55. The summed E-state index contributed by atoms with van der Waals surface area (Å²) in [6, 6.07) is 4.22. The molecule has 0 spiro atoms. The molecule has 3 heterocycles. The van der Waals surface area contributed by atoms with Gasteiger partial charge in [0.05, 0.1) is 7.11 Å². The summed E-state index contributed by atoms with van der Waals surface area (Å²) in [5, 5.41) is 3.59. The van der Waals surface area contributed by atoms with Gasteiger partial charge in [-0.2, -0.15) is 0 Å². The van der Waals surface area contributed by atoms with Crippen LogP contribution in [0.2, 0.25) is 0 Å². The second-order valence-corrected chi connectivity index (χ2v) is 6.29. The lowest BCUT2D eigenvalue weighted by molar-refractivity contribution is 0.0892. The summed E-state index contributed by atoms with van der Waals surface area (Å²) in [4.78, 5) is 4.43. The lowest BCUT2D eigenvalue weighted by Gasteiger charge is -2.23. The van der Waals surface area contributed by atoms with Gasteiger partial charge in [0.15, 0.2) is 11.5 Å². The van der Waals surface area contributed by atoms with Gasteiger partial charge in [-0.15, -0.1) is 0 Å². The number of nitrogens with zero attached hydrogens (tertiary/aromatic N) is 2. The molecule has 2 aliphatic heterocycles. The van der Waals surface area contributed by atoms with Crippen LogP contribution in [0.5, 0.6) is 17.2 Å². The largest absolute Gasteiger partial charge is 0.493 e. The van der Waals surface area contributed by atoms with Crippen LogP contribution < -0.4 is 19.5 Å². The molecule has 2 aliphatic rings. The summed E-state index contributed by atoms with van der Waals surface area (Å²) in [7, 11) is 3.64. The molecule has 2 aromatic rings. The fourth-order valence-electron chi connectivity index (χ4n) is 3.38. The minimum atomic E-state index is -0.0286. The van der Waals surface area contributed by atoms with Crippen LogP contribution >= 0.6 is 0 Å². The lowest BCUT2D eigenvalue weighted by atomic mass is 10.1. The van der Waals surface area contributed by atoms with E-state index in [9.17, 15) is 0 Å². The van der Waals surface area contributed by atoms with Crippen LogP contribution in [-0.2, 0) is 18.3 Å². The molecular weight excluding hydrogens is 322 g/mol. The molecule has 0 radical (unpaired) electrons. The minimum Gasteiger partial charge on any atom is -0.493 e. The van der Waals surface area contributed by atoms with Gasteiger partial charge in [0.1, 0.15) is 25.1 Å². The first-order valence-electron chi connectivity index (χ1n) is 8.55. The molecule has 1 N–H and O–H groups in total. The third-order valence-corrected chi connectivity index (χ3v) is 4.66. The highest BCUT2D eigenvalue weighted by atomic mass is 16.6. The van der Waals surface area contributed by atoms with Gasteiger partial charge >= 0.3 is 0 Å². The van der Waals surface area contributed by atoms with E-state index < -0.39 is 0 Å². The highest BCUT2D eigenvalue weighted by Crippen LogP contribution is 2.40. The molecule has 0 amide bonds. The second-order valence-electron chi connectivity index (χ2n) is 6.29. The lowest BCUT2D eigenvalue weighted by Crippen LogP contribution is -2.32. The number of aryl methyl sites for hydroxylation is 1. The van der Waals surface area contributed by atoms with E-state index in [2.05, 4.69) is 10.3 Å². The zero-order chi connectivity index (χ0) is 17.2. The Kier molecular flexibility index (Phi) is 4.50.